The lowest BCUT2D eigenvalue weighted by atomic mass is 9.61. The first-order chi connectivity index (χ1) is 12.1. The predicted octanol–water partition coefficient (Wildman–Crippen LogP) is 3.08. The van der Waals surface area contributed by atoms with Crippen molar-refractivity contribution in [3.63, 3.8) is 0 Å². The quantitative estimate of drug-likeness (QED) is 0.870. The topological polar surface area (TPSA) is 105 Å². The van der Waals surface area contributed by atoms with Crippen LogP contribution in [-0.4, -0.2) is 11.0 Å². The maximum absolute atomic E-state index is 12.4. The Labute approximate surface area is 152 Å². The largest absolute Gasteiger partial charge is 0.383 e. The number of hydrogen-bond donors (Lipinski definition) is 2. The van der Waals surface area contributed by atoms with Gasteiger partial charge in [-0.3, -0.25) is 4.79 Å². The molecule has 25 heavy (non-hydrogen) atoms. The average Bonchev–Trinajstić information content (AvgIpc) is 2.61. The van der Waals surface area contributed by atoms with Crippen LogP contribution in [0.3, 0.4) is 0 Å². The van der Waals surface area contributed by atoms with E-state index < -0.39 is 17.2 Å². The summed E-state index contributed by atoms with van der Waals surface area (Å²) in [6.07, 6.45) is 4.57. The highest BCUT2D eigenvalue weighted by Crippen LogP contribution is 2.52. The second-order valence-electron chi connectivity index (χ2n) is 6.65. The number of allylic oxidation sites excluding steroid dienone is 1. The van der Waals surface area contributed by atoms with Crippen LogP contribution in [0.25, 0.3) is 0 Å². The maximum atomic E-state index is 12.4. The SMILES string of the molecule is N#CC1=C(N)N=C(SCc2ccccc2)[C@@H](C(N)=O)C12CCCCC2. The molecule has 1 heterocycles. The molecule has 0 bridgehead atoms. The van der Waals surface area contributed by atoms with E-state index in [9.17, 15) is 10.1 Å². The van der Waals surface area contributed by atoms with Gasteiger partial charge in [0.05, 0.1) is 22.6 Å². The summed E-state index contributed by atoms with van der Waals surface area (Å²) in [7, 11) is 0. The lowest BCUT2D eigenvalue weighted by Gasteiger charge is -2.44. The lowest BCUT2D eigenvalue weighted by molar-refractivity contribution is -0.123. The van der Waals surface area contributed by atoms with Crippen molar-refractivity contribution in [3.8, 4) is 6.07 Å². The Bertz CT molecular complexity index is 757. The smallest absolute Gasteiger partial charge is 0.228 e. The molecule has 1 fully saturated rings. The molecule has 1 amide bonds. The van der Waals surface area contributed by atoms with Crippen LogP contribution in [0.5, 0.6) is 0 Å². The highest BCUT2D eigenvalue weighted by molar-refractivity contribution is 8.13. The third-order valence-electron chi connectivity index (χ3n) is 5.16. The summed E-state index contributed by atoms with van der Waals surface area (Å²) in [6, 6.07) is 12.2. The molecule has 4 N–H and O–H groups in total. The molecule has 130 valence electrons. The molecule has 1 atom stereocenters. The van der Waals surface area contributed by atoms with E-state index >= 15 is 0 Å². The van der Waals surface area contributed by atoms with Gasteiger partial charge in [-0.1, -0.05) is 49.6 Å². The first kappa shape index (κ1) is 17.6. The number of benzene rings is 1. The molecule has 1 aliphatic carbocycles. The number of nitriles is 1. The van der Waals surface area contributed by atoms with Gasteiger partial charge in [0, 0.05) is 11.2 Å². The average molecular weight is 354 g/mol. The van der Waals surface area contributed by atoms with Gasteiger partial charge in [0.2, 0.25) is 5.91 Å². The van der Waals surface area contributed by atoms with Crippen molar-refractivity contribution in [3.05, 3.63) is 47.3 Å². The molecule has 2 aliphatic rings. The zero-order chi connectivity index (χ0) is 17.9. The fraction of sp³-hybridized carbons (Fsp3) is 0.421. The molecule has 5 nitrogen and oxygen atoms in total. The Hall–Kier alpha value is -2.26. The number of carbonyl (C=O) groups is 1. The highest BCUT2D eigenvalue weighted by Gasteiger charge is 2.51. The van der Waals surface area contributed by atoms with E-state index in [0.717, 1.165) is 37.7 Å². The fourth-order valence-corrected chi connectivity index (χ4v) is 5.18. The zero-order valence-electron chi connectivity index (χ0n) is 14.1. The molecule has 0 saturated heterocycles. The second-order valence-corrected chi connectivity index (χ2v) is 7.64. The number of hydrogen-bond acceptors (Lipinski definition) is 5. The summed E-state index contributed by atoms with van der Waals surface area (Å²) in [6.45, 7) is 0. The number of nitrogens with two attached hydrogens (primary N) is 2. The minimum Gasteiger partial charge on any atom is -0.383 e. The van der Waals surface area contributed by atoms with E-state index in [-0.39, 0.29) is 5.82 Å². The molecule has 1 spiro atoms. The Kier molecular flexibility index (Phi) is 5.14. The summed E-state index contributed by atoms with van der Waals surface area (Å²) in [5, 5.41) is 10.3. The number of thioether (sulfide) groups is 1. The summed E-state index contributed by atoms with van der Waals surface area (Å²) >= 11 is 1.50. The number of aliphatic imine (C=N–C) groups is 1. The molecular formula is C19H22N4OS. The van der Waals surface area contributed by atoms with Crippen molar-refractivity contribution in [1.82, 2.24) is 0 Å². The van der Waals surface area contributed by atoms with Crippen molar-refractivity contribution in [2.24, 2.45) is 27.8 Å². The third kappa shape index (κ3) is 3.29. The molecule has 1 aromatic rings. The van der Waals surface area contributed by atoms with Crippen molar-refractivity contribution < 1.29 is 4.79 Å². The van der Waals surface area contributed by atoms with Crippen LogP contribution in [-0.2, 0) is 10.5 Å². The van der Waals surface area contributed by atoms with Gasteiger partial charge in [-0.25, -0.2) is 4.99 Å². The molecule has 3 rings (SSSR count). The summed E-state index contributed by atoms with van der Waals surface area (Å²) in [4.78, 5) is 16.8. The molecule has 0 radical (unpaired) electrons. The predicted molar refractivity (Wildman–Crippen MR) is 100 cm³/mol. The van der Waals surface area contributed by atoms with Crippen molar-refractivity contribution in [1.29, 1.82) is 5.26 Å². The van der Waals surface area contributed by atoms with E-state index in [1.807, 2.05) is 30.3 Å². The van der Waals surface area contributed by atoms with E-state index in [1.54, 1.807) is 0 Å². The van der Waals surface area contributed by atoms with Gasteiger partial charge >= 0.3 is 0 Å². The Morgan fingerprint density at radius 3 is 2.56 bits per heavy atom. The van der Waals surface area contributed by atoms with Gasteiger partial charge in [0.15, 0.2) is 0 Å². The Balaban J connectivity index is 1.97. The van der Waals surface area contributed by atoms with Gasteiger partial charge in [-0.2, -0.15) is 5.26 Å². The Morgan fingerprint density at radius 1 is 1.28 bits per heavy atom. The normalized spacial score (nSPS) is 22.4. The number of amides is 1. The minimum absolute atomic E-state index is 0.248. The molecule has 0 aromatic heterocycles. The van der Waals surface area contributed by atoms with Crippen molar-refractivity contribution >= 4 is 22.7 Å². The van der Waals surface area contributed by atoms with Crippen LogP contribution in [0.2, 0.25) is 0 Å². The number of primary amides is 1. The minimum atomic E-state index is -0.580. The van der Waals surface area contributed by atoms with E-state index in [0.29, 0.717) is 16.4 Å². The van der Waals surface area contributed by atoms with Crippen LogP contribution >= 0.6 is 11.8 Å². The maximum Gasteiger partial charge on any atom is 0.228 e. The van der Waals surface area contributed by atoms with Gasteiger partial charge < -0.3 is 11.5 Å². The summed E-state index contributed by atoms with van der Waals surface area (Å²) < 4.78 is 0. The fourth-order valence-electron chi connectivity index (χ4n) is 4.01. The Morgan fingerprint density at radius 2 is 1.96 bits per heavy atom. The van der Waals surface area contributed by atoms with Crippen LogP contribution in [0.15, 0.2) is 46.7 Å². The van der Waals surface area contributed by atoms with Crippen molar-refractivity contribution in [2.75, 3.05) is 0 Å². The zero-order valence-corrected chi connectivity index (χ0v) is 14.9. The number of rotatable bonds is 3. The summed E-state index contributed by atoms with van der Waals surface area (Å²) in [5.41, 5.74) is 12.9. The third-order valence-corrected chi connectivity index (χ3v) is 6.26. The second kappa shape index (κ2) is 7.32. The van der Waals surface area contributed by atoms with E-state index in [2.05, 4.69) is 11.1 Å². The van der Waals surface area contributed by atoms with Crippen LogP contribution in [0.1, 0.15) is 37.7 Å². The lowest BCUT2D eigenvalue weighted by Crippen LogP contribution is -2.48. The number of nitrogens with zero attached hydrogens (tertiary/aromatic N) is 2. The molecule has 0 unspecified atom stereocenters. The van der Waals surface area contributed by atoms with Crippen LogP contribution in [0, 0.1) is 22.7 Å². The molecule has 1 aromatic carbocycles. The molecular weight excluding hydrogens is 332 g/mol. The summed E-state index contributed by atoms with van der Waals surface area (Å²) in [5.74, 6) is -0.0447. The highest BCUT2D eigenvalue weighted by atomic mass is 32.2. The van der Waals surface area contributed by atoms with Gasteiger partial charge in [-0.15, -0.1) is 11.8 Å². The number of carbonyl (C=O) groups excluding carboxylic acids is 1. The first-order valence-electron chi connectivity index (χ1n) is 8.53. The standard InChI is InChI=1S/C19H22N4OS/c20-11-14-16(21)23-18(25-12-13-7-3-1-4-8-13)15(17(22)24)19(14)9-5-2-6-10-19/h1,3-4,7-8,15H,2,5-6,9-10,12,21H2,(H2,22,24)/t15-/m1/s1. The van der Waals surface area contributed by atoms with E-state index in [1.165, 1.54) is 11.8 Å². The van der Waals surface area contributed by atoms with Gasteiger partial charge in [0.1, 0.15) is 5.82 Å². The molecule has 1 saturated carbocycles. The van der Waals surface area contributed by atoms with Gasteiger partial charge in [-0.05, 0) is 18.4 Å². The first-order valence-corrected chi connectivity index (χ1v) is 9.52. The van der Waals surface area contributed by atoms with Gasteiger partial charge in [0.25, 0.3) is 0 Å². The van der Waals surface area contributed by atoms with Crippen LogP contribution < -0.4 is 11.5 Å². The molecule has 6 heteroatoms. The van der Waals surface area contributed by atoms with E-state index in [4.69, 9.17) is 11.5 Å². The monoisotopic (exact) mass is 354 g/mol. The molecule has 1 aliphatic heterocycles. The van der Waals surface area contributed by atoms with Crippen LogP contribution in [0.4, 0.5) is 0 Å². The van der Waals surface area contributed by atoms with Crippen molar-refractivity contribution in [2.45, 2.75) is 37.9 Å².